The van der Waals surface area contributed by atoms with Crippen LogP contribution in [0.4, 0.5) is 0 Å². The van der Waals surface area contributed by atoms with E-state index in [0.29, 0.717) is 19.4 Å². The monoisotopic (exact) mass is 231 g/mol. The van der Waals surface area contributed by atoms with E-state index in [1.165, 1.54) is 12.1 Å². The van der Waals surface area contributed by atoms with E-state index in [-0.39, 0.29) is 23.0 Å². The summed E-state index contributed by atoms with van der Waals surface area (Å²) in [7, 11) is 0. The zero-order valence-corrected chi connectivity index (χ0v) is 9.25. The second-order valence-electron chi connectivity index (χ2n) is 3.21. The molecule has 0 aliphatic heterocycles. The molecule has 0 aliphatic rings. The maximum Gasteiger partial charge on any atom is 0.287 e. The summed E-state index contributed by atoms with van der Waals surface area (Å²) in [5, 5.41) is 12.1. The van der Waals surface area contributed by atoms with E-state index in [4.69, 9.17) is 16.0 Å². The fourth-order valence-corrected chi connectivity index (χ4v) is 1.23. The molecule has 0 bridgehead atoms. The maximum absolute atomic E-state index is 11.4. The molecule has 2 N–H and O–H groups in total. The molecule has 0 fully saturated rings. The Balaban J connectivity index is 2.31. The second-order valence-corrected chi connectivity index (χ2v) is 3.58. The average molecular weight is 232 g/mol. The molecule has 1 amide bonds. The predicted octanol–water partition coefficient (Wildman–Crippen LogP) is 1.82. The van der Waals surface area contributed by atoms with Gasteiger partial charge in [0.25, 0.3) is 5.91 Å². The number of nitrogens with one attached hydrogen (secondary N) is 1. The zero-order valence-electron chi connectivity index (χ0n) is 8.50. The summed E-state index contributed by atoms with van der Waals surface area (Å²) >= 11 is 5.52. The Labute approximate surface area is 93.2 Å². The Morgan fingerprint density at radius 3 is 2.93 bits per heavy atom. The molecule has 0 saturated carbocycles. The molecule has 1 aromatic heterocycles. The molecule has 0 aromatic carbocycles. The first-order valence-electron chi connectivity index (χ1n) is 4.85. The van der Waals surface area contributed by atoms with Crippen LogP contribution in [0.15, 0.2) is 16.5 Å². The molecule has 4 nitrogen and oxygen atoms in total. The van der Waals surface area contributed by atoms with E-state index in [1.807, 2.05) is 6.92 Å². The van der Waals surface area contributed by atoms with Gasteiger partial charge in [0.2, 0.25) is 0 Å². The largest absolute Gasteiger partial charge is 0.440 e. The molecule has 1 atom stereocenters. The molecule has 0 radical (unpaired) electrons. The van der Waals surface area contributed by atoms with E-state index < -0.39 is 0 Å². The number of carbonyl (C=O) groups excluding carboxylic acids is 1. The zero-order chi connectivity index (χ0) is 11.3. The summed E-state index contributed by atoms with van der Waals surface area (Å²) in [5.74, 6) is -0.129. The van der Waals surface area contributed by atoms with Gasteiger partial charge in [0.1, 0.15) is 0 Å². The lowest BCUT2D eigenvalue weighted by Crippen LogP contribution is -2.26. The molecule has 0 spiro atoms. The topological polar surface area (TPSA) is 62.5 Å². The fraction of sp³-hybridized carbons (Fsp3) is 0.500. The highest BCUT2D eigenvalue weighted by Crippen LogP contribution is 2.12. The summed E-state index contributed by atoms with van der Waals surface area (Å²) in [6, 6.07) is 3.02. The van der Waals surface area contributed by atoms with Gasteiger partial charge in [-0.1, -0.05) is 6.92 Å². The molecule has 1 aromatic rings. The first kappa shape index (κ1) is 12.1. The van der Waals surface area contributed by atoms with Crippen molar-refractivity contribution in [2.75, 3.05) is 6.54 Å². The van der Waals surface area contributed by atoms with Crippen LogP contribution in [0.1, 0.15) is 30.3 Å². The highest BCUT2D eigenvalue weighted by molar-refractivity contribution is 6.29. The number of hydrogen-bond acceptors (Lipinski definition) is 3. The van der Waals surface area contributed by atoms with Gasteiger partial charge in [-0.3, -0.25) is 4.79 Å². The van der Waals surface area contributed by atoms with Crippen LogP contribution >= 0.6 is 11.6 Å². The number of aliphatic hydroxyl groups excluding tert-OH is 1. The van der Waals surface area contributed by atoms with Crippen LogP contribution in [0.25, 0.3) is 0 Å². The quantitative estimate of drug-likeness (QED) is 0.813. The molecule has 0 aliphatic carbocycles. The van der Waals surface area contributed by atoms with Gasteiger partial charge in [0.15, 0.2) is 11.0 Å². The number of aliphatic hydroxyl groups is 1. The molecule has 84 valence electrons. The molecular formula is C10H14ClNO3. The minimum Gasteiger partial charge on any atom is -0.440 e. The van der Waals surface area contributed by atoms with Crippen LogP contribution in [-0.4, -0.2) is 23.7 Å². The second kappa shape index (κ2) is 5.78. The highest BCUT2D eigenvalue weighted by atomic mass is 35.5. The minimum atomic E-state index is -0.370. The van der Waals surface area contributed by atoms with Crippen molar-refractivity contribution in [1.82, 2.24) is 5.32 Å². The van der Waals surface area contributed by atoms with Crippen LogP contribution in [0.5, 0.6) is 0 Å². The molecule has 1 rings (SSSR count). The number of rotatable bonds is 5. The van der Waals surface area contributed by atoms with Crippen molar-refractivity contribution in [1.29, 1.82) is 0 Å². The van der Waals surface area contributed by atoms with E-state index in [1.54, 1.807) is 0 Å². The Kier molecular flexibility index (Phi) is 4.65. The molecular weight excluding hydrogens is 218 g/mol. The summed E-state index contributed by atoms with van der Waals surface area (Å²) < 4.78 is 4.92. The summed E-state index contributed by atoms with van der Waals surface area (Å²) in [6.07, 6.45) is 0.851. The standard InChI is InChI=1S/C10H14ClNO3/c1-2-7(13)5-6-12-10(14)8-3-4-9(11)15-8/h3-4,7,13H,2,5-6H2,1H3,(H,12,14). The van der Waals surface area contributed by atoms with Crippen molar-refractivity contribution in [3.8, 4) is 0 Å². The van der Waals surface area contributed by atoms with Crippen molar-refractivity contribution in [3.63, 3.8) is 0 Å². The third-order valence-corrected chi connectivity index (χ3v) is 2.23. The van der Waals surface area contributed by atoms with Crippen molar-refractivity contribution in [2.45, 2.75) is 25.9 Å². The van der Waals surface area contributed by atoms with Crippen LogP contribution < -0.4 is 5.32 Å². The van der Waals surface area contributed by atoms with Crippen molar-refractivity contribution < 1.29 is 14.3 Å². The van der Waals surface area contributed by atoms with Gasteiger partial charge < -0.3 is 14.8 Å². The van der Waals surface area contributed by atoms with Gasteiger partial charge in [-0.25, -0.2) is 0 Å². The number of amides is 1. The Morgan fingerprint density at radius 1 is 1.67 bits per heavy atom. The molecule has 5 heteroatoms. The lowest BCUT2D eigenvalue weighted by atomic mass is 10.2. The van der Waals surface area contributed by atoms with E-state index >= 15 is 0 Å². The first-order valence-corrected chi connectivity index (χ1v) is 5.23. The summed E-state index contributed by atoms with van der Waals surface area (Å²) in [5.41, 5.74) is 0. The summed E-state index contributed by atoms with van der Waals surface area (Å²) in [6.45, 7) is 2.31. The van der Waals surface area contributed by atoms with E-state index in [0.717, 1.165) is 0 Å². The lowest BCUT2D eigenvalue weighted by Gasteiger charge is -2.07. The highest BCUT2D eigenvalue weighted by Gasteiger charge is 2.10. The van der Waals surface area contributed by atoms with Crippen molar-refractivity contribution in [2.24, 2.45) is 0 Å². The van der Waals surface area contributed by atoms with E-state index in [2.05, 4.69) is 5.32 Å². The number of furan rings is 1. The fourth-order valence-electron chi connectivity index (χ4n) is 1.08. The van der Waals surface area contributed by atoms with E-state index in [9.17, 15) is 9.90 Å². The van der Waals surface area contributed by atoms with Crippen LogP contribution in [0, 0.1) is 0 Å². The Morgan fingerprint density at radius 2 is 2.40 bits per heavy atom. The predicted molar refractivity (Wildman–Crippen MR) is 57.0 cm³/mol. The molecule has 1 unspecified atom stereocenters. The summed E-state index contributed by atoms with van der Waals surface area (Å²) in [4.78, 5) is 11.4. The van der Waals surface area contributed by atoms with Crippen molar-refractivity contribution in [3.05, 3.63) is 23.1 Å². The van der Waals surface area contributed by atoms with Gasteiger partial charge in [-0.05, 0) is 36.6 Å². The Bertz CT molecular complexity index is 324. The third-order valence-electron chi connectivity index (χ3n) is 2.03. The maximum atomic E-state index is 11.4. The smallest absolute Gasteiger partial charge is 0.287 e. The average Bonchev–Trinajstić information content (AvgIpc) is 2.64. The van der Waals surface area contributed by atoms with Gasteiger partial charge >= 0.3 is 0 Å². The number of halogens is 1. The lowest BCUT2D eigenvalue weighted by molar-refractivity contribution is 0.0914. The molecule has 0 saturated heterocycles. The van der Waals surface area contributed by atoms with Gasteiger partial charge in [0, 0.05) is 6.54 Å². The SMILES string of the molecule is CCC(O)CCNC(=O)c1ccc(Cl)o1. The van der Waals surface area contributed by atoms with Crippen LogP contribution in [-0.2, 0) is 0 Å². The van der Waals surface area contributed by atoms with Gasteiger partial charge in [-0.15, -0.1) is 0 Å². The third kappa shape index (κ3) is 3.93. The van der Waals surface area contributed by atoms with Crippen LogP contribution in [0.2, 0.25) is 5.22 Å². The molecule has 15 heavy (non-hydrogen) atoms. The van der Waals surface area contributed by atoms with Gasteiger partial charge in [-0.2, -0.15) is 0 Å². The molecule has 1 heterocycles. The minimum absolute atomic E-state index is 0.186. The van der Waals surface area contributed by atoms with Gasteiger partial charge in [0.05, 0.1) is 6.10 Å². The van der Waals surface area contributed by atoms with Crippen molar-refractivity contribution >= 4 is 17.5 Å². The Hall–Kier alpha value is -1.00. The first-order chi connectivity index (χ1) is 7.13. The number of hydrogen-bond donors (Lipinski definition) is 2. The number of carbonyl (C=O) groups is 1. The van der Waals surface area contributed by atoms with Crippen LogP contribution in [0.3, 0.4) is 0 Å². The normalized spacial score (nSPS) is 12.5.